The second kappa shape index (κ2) is 6.26. The van der Waals surface area contributed by atoms with Gasteiger partial charge in [-0.05, 0) is 34.4 Å². The molecule has 0 bridgehead atoms. The van der Waals surface area contributed by atoms with Gasteiger partial charge < -0.3 is 0 Å². The molecule has 0 amide bonds. The molecule has 1 aliphatic carbocycles. The van der Waals surface area contributed by atoms with E-state index in [9.17, 15) is 4.79 Å². The number of hydrogen-bond donors (Lipinski definition) is 0. The minimum Gasteiger partial charge on any atom is -0.288 e. The van der Waals surface area contributed by atoms with Gasteiger partial charge in [-0.2, -0.15) is 0 Å². The molecule has 2 heteroatoms. The number of fused-ring (bicyclic) bond motifs is 3. The van der Waals surface area contributed by atoms with Crippen LogP contribution in [0.25, 0.3) is 11.1 Å². The third kappa shape index (κ3) is 3.07. The Morgan fingerprint density at radius 3 is 2.61 bits per heavy atom. The summed E-state index contributed by atoms with van der Waals surface area (Å²) in [7, 11) is 0. The topological polar surface area (TPSA) is 17.1 Å². The van der Waals surface area contributed by atoms with Gasteiger partial charge in [0.15, 0.2) is 5.12 Å². The summed E-state index contributed by atoms with van der Waals surface area (Å²) in [5, 5.41) is 0.156. The van der Waals surface area contributed by atoms with Gasteiger partial charge in [0.05, 0.1) is 0 Å². The Labute approximate surface area is 142 Å². The third-order valence-corrected chi connectivity index (χ3v) is 5.16. The summed E-state index contributed by atoms with van der Waals surface area (Å²) in [6, 6.07) is 15.1. The Balaban J connectivity index is 1.86. The standard InChI is InChI=1S/C21H20OS/c1-15(22)23-13-7-6-8-16-11-12-18-17-9-4-5-10-19(17)21(2,3)20(18)14-16/h4-5,9-12,14H,7,13H2,1-3H3. The minimum atomic E-state index is 0.0219. The molecule has 3 rings (SSSR count). The van der Waals surface area contributed by atoms with E-state index in [0.29, 0.717) is 0 Å². The lowest BCUT2D eigenvalue weighted by Crippen LogP contribution is -2.14. The number of thioether (sulfide) groups is 1. The van der Waals surface area contributed by atoms with Crippen molar-refractivity contribution in [3.05, 3.63) is 59.2 Å². The third-order valence-electron chi connectivity index (χ3n) is 4.35. The summed E-state index contributed by atoms with van der Waals surface area (Å²) in [5.74, 6) is 7.18. The van der Waals surface area contributed by atoms with Gasteiger partial charge in [0.1, 0.15) is 0 Å². The van der Waals surface area contributed by atoms with Crippen LogP contribution in [0.15, 0.2) is 42.5 Å². The molecular weight excluding hydrogens is 300 g/mol. The molecule has 0 saturated heterocycles. The van der Waals surface area contributed by atoms with Crippen molar-refractivity contribution in [1.82, 2.24) is 0 Å². The van der Waals surface area contributed by atoms with Crippen LogP contribution in [0.4, 0.5) is 0 Å². The molecule has 1 aliphatic rings. The van der Waals surface area contributed by atoms with Crippen LogP contribution in [0, 0.1) is 11.8 Å². The maximum Gasteiger partial charge on any atom is 0.185 e. The van der Waals surface area contributed by atoms with Gasteiger partial charge in [0.2, 0.25) is 0 Å². The fourth-order valence-electron chi connectivity index (χ4n) is 3.19. The molecular formula is C21H20OS. The maximum absolute atomic E-state index is 10.9. The van der Waals surface area contributed by atoms with Crippen LogP contribution >= 0.6 is 11.8 Å². The van der Waals surface area contributed by atoms with Crippen molar-refractivity contribution in [2.75, 3.05) is 5.75 Å². The first-order chi connectivity index (χ1) is 11.0. The molecule has 0 spiro atoms. The van der Waals surface area contributed by atoms with Gasteiger partial charge in [-0.1, -0.05) is 67.8 Å². The second-order valence-electron chi connectivity index (χ2n) is 6.32. The highest BCUT2D eigenvalue weighted by Gasteiger charge is 2.34. The Kier molecular flexibility index (Phi) is 4.33. The molecule has 2 aromatic rings. The van der Waals surface area contributed by atoms with Crippen molar-refractivity contribution in [3.63, 3.8) is 0 Å². The number of hydrogen-bond acceptors (Lipinski definition) is 2. The first kappa shape index (κ1) is 15.9. The SMILES string of the molecule is CC(=O)SCCC#Cc1ccc2c(c1)C(C)(C)c1ccccc1-2. The molecule has 0 aliphatic heterocycles. The van der Waals surface area contributed by atoms with E-state index < -0.39 is 0 Å². The number of benzene rings is 2. The molecule has 0 radical (unpaired) electrons. The Morgan fingerprint density at radius 1 is 1.09 bits per heavy atom. The molecule has 0 heterocycles. The van der Waals surface area contributed by atoms with Crippen molar-refractivity contribution in [3.8, 4) is 23.0 Å². The van der Waals surface area contributed by atoms with Crippen LogP contribution in [0.5, 0.6) is 0 Å². The summed E-state index contributed by atoms with van der Waals surface area (Å²) < 4.78 is 0. The van der Waals surface area contributed by atoms with E-state index in [1.165, 1.54) is 34.0 Å². The van der Waals surface area contributed by atoms with Gasteiger partial charge in [0, 0.05) is 30.1 Å². The molecule has 0 unspecified atom stereocenters. The van der Waals surface area contributed by atoms with Crippen LogP contribution in [0.1, 0.15) is 43.9 Å². The highest BCUT2D eigenvalue weighted by atomic mass is 32.2. The summed E-state index contributed by atoms with van der Waals surface area (Å²) in [6.45, 7) is 6.15. The molecule has 23 heavy (non-hydrogen) atoms. The van der Waals surface area contributed by atoms with E-state index >= 15 is 0 Å². The normalized spacial score (nSPS) is 13.7. The predicted octanol–water partition coefficient (Wildman–Crippen LogP) is 5.01. The van der Waals surface area contributed by atoms with Gasteiger partial charge in [-0.25, -0.2) is 0 Å². The monoisotopic (exact) mass is 320 g/mol. The summed E-state index contributed by atoms with van der Waals surface area (Å²) in [6.07, 6.45) is 0.741. The predicted molar refractivity (Wildman–Crippen MR) is 98.6 cm³/mol. The lowest BCUT2D eigenvalue weighted by molar-refractivity contribution is -0.109. The molecule has 1 nitrogen and oxygen atoms in total. The average Bonchev–Trinajstić information content (AvgIpc) is 2.75. The van der Waals surface area contributed by atoms with Crippen molar-refractivity contribution in [2.24, 2.45) is 0 Å². The quantitative estimate of drug-likeness (QED) is 0.571. The van der Waals surface area contributed by atoms with E-state index in [1.54, 1.807) is 6.92 Å². The molecule has 0 saturated carbocycles. The number of carbonyl (C=O) groups is 1. The fourth-order valence-corrected chi connectivity index (χ4v) is 3.68. The van der Waals surface area contributed by atoms with E-state index in [4.69, 9.17) is 0 Å². The molecule has 0 fully saturated rings. The lowest BCUT2D eigenvalue weighted by atomic mass is 9.82. The smallest absolute Gasteiger partial charge is 0.185 e. The van der Waals surface area contributed by atoms with Crippen LogP contribution in [0.3, 0.4) is 0 Å². The van der Waals surface area contributed by atoms with E-state index in [1.807, 2.05) is 0 Å². The molecule has 0 atom stereocenters. The van der Waals surface area contributed by atoms with Crippen LogP contribution in [-0.4, -0.2) is 10.9 Å². The van der Waals surface area contributed by atoms with E-state index in [0.717, 1.165) is 17.7 Å². The highest BCUT2D eigenvalue weighted by Crippen LogP contribution is 2.48. The lowest BCUT2D eigenvalue weighted by Gasteiger charge is -2.21. The number of carbonyl (C=O) groups excluding carboxylic acids is 1. The fraction of sp³-hybridized carbons (Fsp3) is 0.286. The number of rotatable bonds is 2. The molecule has 116 valence electrons. The van der Waals surface area contributed by atoms with Gasteiger partial charge >= 0.3 is 0 Å². The van der Waals surface area contributed by atoms with Crippen LogP contribution in [0.2, 0.25) is 0 Å². The first-order valence-corrected chi connectivity index (χ1v) is 8.85. The summed E-state index contributed by atoms with van der Waals surface area (Å²) >= 11 is 1.34. The van der Waals surface area contributed by atoms with Gasteiger partial charge in [-0.15, -0.1) is 0 Å². The Hall–Kier alpha value is -1.98. The molecule has 0 aromatic heterocycles. The van der Waals surface area contributed by atoms with E-state index in [-0.39, 0.29) is 10.5 Å². The summed E-state index contributed by atoms with van der Waals surface area (Å²) in [5.41, 5.74) is 6.47. The zero-order chi connectivity index (χ0) is 16.4. The molecule has 2 aromatic carbocycles. The highest BCUT2D eigenvalue weighted by molar-refractivity contribution is 8.13. The van der Waals surface area contributed by atoms with Crippen molar-refractivity contribution < 1.29 is 4.79 Å². The maximum atomic E-state index is 10.9. The summed E-state index contributed by atoms with van der Waals surface area (Å²) in [4.78, 5) is 10.9. The van der Waals surface area contributed by atoms with Crippen molar-refractivity contribution in [2.45, 2.75) is 32.6 Å². The van der Waals surface area contributed by atoms with Crippen LogP contribution < -0.4 is 0 Å². The zero-order valence-electron chi connectivity index (χ0n) is 13.8. The van der Waals surface area contributed by atoms with Gasteiger partial charge in [-0.3, -0.25) is 4.79 Å². The van der Waals surface area contributed by atoms with Gasteiger partial charge in [0.25, 0.3) is 0 Å². The Morgan fingerprint density at radius 2 is 1.83 bits per heavy atom. The Bertz CT molecular complexity index is 821. The van der Waals surface area contributed by atoms with Crippen molar-refractivity contribution in [1.29, 1.82) is 0 Å². The second-order valence-corrected chi connectivity index (χ2v) is 7.59. The molecule has 0 N–H and O–H groups in total. The van der Waals surface area contributed by atoms with E-state index in [2.05, 4.69) is 68.2 Å². The first-order valence-electron chi connectivity index (χ1n) is 7.87. The minimum absolute atomic E-state index is 0.0219. The van der Waals surface area contributed by atoms with Crippen molar-refractivity contribution >= 4 is 16.9 Å². The average molecular weight is 320 g/mol. The zero-order valence-corrected chi connectivity index (χ0v) is 14.6. The van der Waals surface area contributed by atoms with Crippen LogP contribution in [-0.2, 0) is 10.2 Å². The largest absolute Gasteiger partial charge is 0.288 e.